The summed E-state index contributed by atoms with van der Waals surface area (Å²) in [5.74, 6) is -0.0115. The number of thiophene rings is 1. The van der Waals surface area contributed by atoms with Crippen molar-refractivity contribution >= 4 is 34.5 Å². The molecule has 0 spiro atoms. The Morgan fingerprint density at radius 2 is 2.10 bits per heavy atom. The highest BCUT2D eigenvalue weighted by Crippen LogP contribution is 2.27. The van der Waals surface area contributed by atoms with Gasteiger partial charge in [0.25, 0.3) is 5.91 Å². The van der Waals surface area contributed by atoms with Crippen LogP contribution >= 0.6 is 11.3 Å². The van der Waals surface area contributed by atoms with E-state index in [-0.39, 0.29) is 17.9 Å². The van der Waals surface area contributed by atoms with Gasteiger partial charge in [-0.1, -0.05) is 13.0 Å². The number of hydrogen-bond acceptors (Lipinski definition) is 5. The summed E-state index contributed by atoms with van der Waals surface area (Å²) in [6, 6.07) is 9.61. The van der Waals surface area contributed by atoms with Gasteiger partial charge < -0.3 is 19.9 Å². The third-order valence-electron chi connectivity index (χ3n) is 4.99. The average molecular weight is 416 g/mol. The number of nitrogens with one attached hydrogen (secondary N) is 1. The molecule has 1 aliphatic rings. The molecule has 1 fully saturated rings. The molecule has 2 heterocycles. The van der Waals surface area contributed by atoms with Gasteiger partial charge in [0.2, 0.25) is 5.91 Å². The average Bonchev–Trinajstić information content (AvgIpc) is 3.41. The number of ether oxygens (including phenoxy) is 1. The number of benzene rings is 1. The van der Waals surface area contributed by atoms with Crippen LogP contribution in [0.15, 0.2) is 35.7 Å². The fourth-order valence-corrected chi connectivity index (χ4v) is 4.18. The van der Waals surface area contributed by atoms with E-state index in [2.05, 4.69) is 5.32 Å². The van der Waals surface area contributed by atoms with Crippen molar-refractivity contribution in [3.8, 4) is 0 Å². The highest BCUT2D eigenvalue weighted by molar-refractivity contribution is 7.12. The van der Waals surface area contributed by atoms with E-state index in [1.165, 1.54) is 11.3 Å². The molecular weight excluding hydrogens is 386 g/mol. The molecule has 156 valence electrons. The molecule has 1 aromatic heterocycles. The number of amides is 2. The maximum atomic E-state index is 13.2. The predicted molar refractivity (Wildman–Crippen MR) is 118 cm³/mol. The summed E-state index contributed by atoms with van der Waals surface area (Å²) in [6.45, 7) is 3.61. The van der Waals surface area contributed by atoms with Crippen molar-refractivity contribution in [2.24, 2.45) is 0 Å². The number of carbonyl (C=O) groups is 2. The quantitative estimate of drug-likeness (QED) is 0.708. The summed E-state index contributed by atoms with van der Waals surface area (Å²) < 4.78 is 5.80. The Hall–Kier alpha value is -2.38. The normalized spacial score (nSPS) is 15.9. The monoisotopic (exact) mass is 415 g/mol. The van der Waals surface area contributed by atoms with E-state index >= 15 is 0 Å². The lowest BCUT2D eigenvalue weighted by Gasteiger charge is -2.28. The van der Waals surface area contributed by atoms with Crippen molar-refractivity contribution in [3.05, 3.63) is 46.2 Å². The van der Waals surface area contributed by atoms with Crippen LogP contribution in [-0.2, 0) is 16.1 Å². The first-order chi connectivity index (χ1) is 14.0. The van der Waals surface area contributed by atoms with Gasteiger partial charge in [-0.3, -0.25) is 9.59 Å². The Morgan fingerprint density at radius 1 is 1.28 bits per heavy atom. The zero-order chi connectivity index (χ0) is 20.8. The number of anilines is 2. The van der Waals surface area contributed by atoms with Gasteiger partial charge >= 0.3 is 0 Å². The maximum absolute atomic E-state index is 13.2. The van der Waals surface area contributed by atoms with Crippen molar-refractivity contribution in [1.29, 1.82) is 0 Å². The standard InChI is InChI=1S/C22H29N3O3S/c1-4-21(26)23-17-9-10-19(24(2)3)16(13-17)14-25(15-18-7-5-11-28-18)22(27)20-8-6-12-29-20/h6,8-10,12-13,18H,4-5,7,11,14-15H2,1-3H3,(H,23,26). The van der Waals surface area contributed by atoms with E-state index in [0.717, 1.165) is 41.3 Å². The van der Waals surface area contributed by atoms with Crippen LogP contribution in [0, 0.1) is 0 Å². The van der Waals surface area contributed by atoms with Gasteiger partial charge in [-0.25, -0.2) is 0 Å². The molecule has 0 radical (unpaired) electrons. The molecule has 3 rings (SSSR count). The lowest BCUT2D eigenvalue weighted by Crippen LogP contribution is -2.37. The van der Waals surface area contributed by atoms with Crippen LogP contribution in [-0.4, -0.2) is 50.1 Å². The number of rotatable bonds is 8. The van der Waals surface area contributed by atoms with Crippen LogP contribution in [0.3, 0.4) is 0 Å². The molecule has 7 heteroatoms. The third-order valence-corrected chi connectivity index (χ3v) is 5.85. The van der Waals surface area contributed by atoms with E-state index in [0.29, 0.717) is 19.5 Å². The second-order valence-electron chi connectivity index (χ2n) is 7.44. The molecule has 1 aliphatic heterocycles. The fourth-order valence-electron chi connectivity index (χ4n) is 3.49. The minimum Gasteiger partial charge on any atom is -0.377 e. The zero-order valence-corrected chi connectivity index (χ0v) is 18.1. The van der Waals surface area contributed by atoms with Crippen LogP contribution in [0.5, 0.6) is 0 Å². The van der Waals surface area contributed by atoms with Gasteiger partial charge in [-0.2, -0.15) is 0 Å². The molecule has 1 unspecified atom stereocenters. The molecular formula is C22H29N3O3S. The summed E-state index contributed by atoms with van der Waals surface area (Å²) in [7, 11) is 3.96. The predicted octanol–water partition coefficient (Wildman–Crippen LogP) is 3.98. The van der Waals surface area contributed by atoms with Gasteiger partial charge in [-0.05, 0) is 48.1 Å². The smallest absolute Gasteiger partial charge is 0.264 e. The minimum absolute atomic E-state index is 0.0169. The first kappa shape index (κ1) is 21.3. The Balaban J connectivity index is 1.88. The van der Waals surface area contributed by atoms with Gasteiger partial charge in [0.15, 0.2) is 0 Å². The van der Waals surface area contributed by atoms with Crippen molar-refractivity contribution in [2.75, 3.05) is 37.5 Å². The summed E-state index contributed by atoms with van der Waals surface area (Å²) in [4.78, 5) is 29.6. The summed E-state index contributed by atoms with van der Waals surface area (Å²) in [5.41, 5.74) is 2.76. The zero-order valence-electron chi connectivity index (χ0n) is 17.3. The lowest BCUT2D eigenvalue weighted by atomic mass is 10.1. The van der Waals surface area contributed by atoms with Gasteiger partial charge in [-0.15, -0.1) is 11.3 Å². The van der Waals surface area contributed by atoms with Crippen LogP contribution in [0.25, 0.3) is 0 Å². The Labute approximate surface area is 176 Å². The molecule has 0 bridgehead atoms. The van der Waals surface area contributed by atoms with Crippen molar-refractivity contribution in [3.63, 3.8) is 0 Å². The van der Waals surface area contributed by atoms with Crippen molar-refractivity contribution in [1.82, 2.24) is 4.90 Å². The largest absolute Gasteiger partial charge is 0.377 e. The molecule has 6 nitrogen and oxygen atoms in total. The molecule has 1 N–H and O–H groups in total. The second-order valence-corrected chi connectivity index (χ2v) is 8.39. The third kappa shape index (κ3) is 5.58. The first-order valence-corrected chi connectivity index (χ1v) is 10.9. The number of hydrogen-bond donors (Lipinski definition) is 1. The van der Waals surface area contributed by atoms with E-state index in [4.69, 9.17) is 4.74 Å². The van der Waals surface area contributed by atoms with E-state index in [9.17, 15) is 9.59 Å². The minimum atomic E-state index is -0.0283. The van der Waals surface area contributed by atoms with Crippen LogP contribution in [0.2, 0.25) is 0 Å². The van der Waals surface area contributed by atoms with Gasteiger partial charge in [0.1, 0.15) is 0 Å². The van der Waals surface area contributed by atoms with E-state index in [1.54, 1.807) is 0 Å². The Morgan fingerprint density at radius 3 is 2.72 bits per heavy atom. The second kappa shape index (κ2) is 9.89. The van der Waals surface area contributed by atoms with Crippen LogP contribution in [0.1, 0.15) is 41.4 Å². The number of nitrogens with zero attached hydrogens (tertiary/aromatic N) is 2. The number of carbonyl (C=O) groups excluding carboxylic acids is 2. The molecule has 0 saturated carbocycles. The van der Waals surface area contributed by atoms with Gasteiger partial charge in [0.05, 0.1) is 11.0 Å². The Bertz CT molecular complexity index is 830. The maximum Gasteiger partial charge on any atom is 0.264 e. The SMILES string of the molecule is CCC(=O)Nc1ccc(N(C)C)c(CN(CC2CCCO2)C(=O)c2cccs2)c1. The molecule has 2 amide bonds. The topological polar surface area (TPSA) is 61.9 Å². The highest BCUT2D eigenvalue weighted by atomic mass is 32.1. The van der Waals surface area contributed by atoms with Crippen LogP contribution < -0.4 is 10.2 Å². The van der Waals surface area contributed by atoms with Crippen LogP contribution in [0.4, 0.5) is 11.4 Å². The van der Waals surface area contributed by atoms with E-state index in [1.807, 2.05) is 66.5 Å². The first-order valence-electron chi connectivity index (χ1n) is 10.0. The molecule has 0 aliphatic carbocycles. The van der Waals surface area contributed by atoms with Crippen molar-refractivity contribution in [2.45, 2.75) is 38.8 Å². The Kier molecular flexibility index (Phi) is 7.28. The van der Waals surface area contributed by atoms with Crippen molar-refractivity contribution < 1.29 is 14.3 Å². The molecule has 2 aromatic rings. The molecule has 1 saturated heterocycles. The fraction of sp³-hybridized carbons (Fsp3) is 0.455. The van der Waals surface area contributed by atoms with Gasteiger partial charge in [0, 0.05) is 51.6 Å². The summed E-state index contributed by atoms with van der Waals surface area (Å²) in [6.07, 6.45) is 2.51. The molecule has 1 aromatic carbocycles. The molecule has 29 heavy (non-hydrogen) atoms. The summed E-state index contributed by atoms with van der Waals surface area (Å²) in [5, 5.41) is 4.84. The van der Waals surface area contributed by atoms with E-state index < -0.39 is 0 Å². The summed E-state index contributed by atoms with van der Waals surface area (Å²) >= 11 is 1.45. The highest BCUT2D eigenvalue weighted by Gasteiger charge is 2.25. The molecule has 1 atom stereocenters. The lowest BCUT2D eigenvalue weighted by molar-refractivity contribution is -0.115.